The average Bonchev–Trinajstić information content (AvgIpc) is 2.95. The van der Waals surface area contributed by atoms with Crippen LogP contribution < -0.4 is 5.32 Å². The van der Waals surface area contributed by atoms with E-state index in [-0.39, 0.29) is 0 Å². The smallest absolute Gasteiger partial charge is 0.0623 e. The van der Waals surface area contributed by atoms with Crippen molar-refractivity contribution >= 4 is 0 Å². The van der Waals surface area contributed by atoms with Gasteiger partial charge in [0, 0.05) is 25.7 Å². The Balaban J connectivity index is 1.91. The summed E-state index contributed by atoms with van der Waals surface area (Å²) in [6, 6.07) is 0.602. The zero-order valence-electron chi connectivity index (χ0n) is 11.4. The molecule has 2 heterocycles. The summed E-state index contributed by atoms with van der Waals surface area (Å²) in [5.41, 5.74) is 0. The maximum atomic E-state index is 6.00. The number of hydrogen-bond donors (Lipinski definition) is 1. The van der Waals surface area contributed by atoms with Crippen LogP contribution >= 0.6 is 0 Å². The molecule has 3 nitrogen and oxygen atoms in total. The van der Waals surface area contributed by atoms with Gasteiger partial charge in [-0.25, -0.2) is 0 Å². The van der Waals surface area contributed by atoms with Crippen molar-refractivity contribution in [2.24, 2.45) is 11.8 Å². The quantitative estimate of drug-likeness (QED) is 0.741. The molecule has 3 heteroatoms. The molecule has 2 bridgehead atoms. The molecule has 0 amide bonds. The molecule has 2 fully saturated rings. The van der Waals surface area contributed by atoms with Crippen molar-refractivity contribution in [1.82, 2.24) is 5.32 Å². The van der Waals surface area contributed by atoms with Crippen molar-refractivity contribution in [3.8, 4) is 0 Å². The molecule has 2 saturated heterocycles. The fourth-order valence-electron chi connectivity index (χ4n) is 3.55. The lowest BCUT2D eigenvalue weighted by molar-refractivity contribution is 0.0769. The molecule has 0 aromatic heterocycles. The summed E-state index contributed by atoms with van der Waals surface area (Å²) in [7, 11) is 1.79. The van der Waals surface area contributed by atoms with Gasteiger partial charge in [-0.15, -0.1) is 0 Å². The average molecular weight is 241 g/mol. The number of methoxy groups -OCH3 is 1. The van der Waals surface area contributed by atoms with E-state index in [1.807, 2.05) is 0 Å². The molecule has 0 spiro atoms. The van der Waals surface area contributed by atoms with Crippen molar-refractivity contribution in [2.75, 3.05) is 20.3 Å². The molecule has 2 aliphatic rings. The second-order valence-corrected chi connectivity index (χ2v) is 5.62. The van der Waals surface area contributed by atoms with Crippen LogP contribution in [-0.4, -0.2) is 38.5 Å². The highest BCUT2D eigenvalue weighted by atomic mass is 16.5. The standard InChI is InChI=1S/C14H27NO2/c1-4-15-14(10(2)7-8-16-3)12-9-11-5-6-13(12)17-11/h10-15H,4-9H2,1-3H3. The minimum Gasteiger partial charge on any atom is -0.385 e. The third kappa shape index (κ3) is 3.01. The highest BCUT2D eigenvalue weighted by Gasteiger charge is 2.45. The third-order valence-corrected chi connectivity index (χ3v) is 4.44. The van der Waals surface area contributed by atoms with Crippen LogP contribution in [0.4, 0.5) is 0 Å². The second kappa shape index (κ2) is 6.17. The Morgan fingerprint density at radius 2 is 2.24 bits per heavy atom. The van der Waals surface area contributed by atoms with Gasteiger partial charge in [0.15, 0.2) is 0 Å². The first-order valence-corrected chi connectivity index (χ1v) is 7.14. The maximum absolute atomic E-state index is 6.00. The fraction of sp³-hybridized carbons (Fsp3) is 1.00. The van der Waals surface area contributed by atoms with Gasteiger partial charge >= 0.3 is 0 Å². The Hall–Kier alpha value is -0.120. The first kappa shape index (κ1) is 13.3. The molecule has 0 aliphatic carbocycles. The van der Waals surface area contributed by atoms with Crippen LogP contribution in [0.3, 0.4) is 0 Å². The Kier molecular flexibility index (Phi) is 4.83. The zero-order valence-corrected chi connectivity index (χ0v) is 11.4. The molecule has 100 valence electrons. The van der Waals surface area contributed by atoms with E-state index in [9.17, 15) is 0 Å². The summed E-state index contributed by atoms with van der Waals surface area (Å²) >= 11 is 0. The molecular formula is C14H27NO2. The largest absolute Gasteiger partial charge is 0.385 e. The summed E-state index contributed by atoms with van der Waals surface area (Å²) in [6.45, 7) is 6.46. The van der Waals surface area contributed by atoms with E-state index in [0.717, 1.165) is 25.5 Å². The monoisotopic (exact) mass is 241 g/mol. The number of ether oxygens (including phenoxy) is 2. The van der Waals surface area contributed by atoms with Gasteiger partial charge in [-0.2, -0.15) is 0 Å². The van der Waals surface area contributed by atoms with Gasteiger partial charge in [-0.1, -0.05) is 13.8 Å². The van der Waals surface area contributed by atoms with Gasteiger partial charge in [0.2, 0.25) is 0 Å². The predicted molar refractivity (Wildman–Crippen MR) is 69.1 cm³/mol. The van der Waals surface area contributed by atoms with Crippen LogP contribution in [0.5, 0.6) is 0 Å². The maximum Gasteiger partial charge on any atom is 0.0623 e. The SMILES string of the molecule is CCNC(C(C)CCOC)C1CC2CCC1O2. The molecule has 0 aromatic carbocycles. The van der Waals surface area contributed by atoms with Gasteiger partial charge in [0.25, 0.3) is 0 Å². The molecule has 2 rings (SSSR count). The summed E-state index contributed by atoms with van der Waals surface area (Å²) < 4.78 is 11.2. The molecule has 0 saturated carbocycles. The molecule has 1 N–H and O–H groups in total. The van der Waals surface area contributed by atoms with E-state index in [1.54, 1.807) is 7.11 Å². The minimum absolute atomic E-state index is 0.522. The fourth-order valence-corrected chi connectivity index (χ4v) is 3.55. The van der Waals surface area contributed by atoms with Crippen molar-refractivity contribution in [1.29, 1.82) is 0 Å². The predicted octanol–water partition coefficient (Wildman–Crippen LogP) is 2.20. The molecule has 0 aromatic rings. The van der Waals surface area contributed by atoms with Crippen LogP contribution in [-0.2, 0) is 9.47 Å². The van der Waals surface area contributed by atoms with Crippen molar-refractivity contribution in [2.45, 2.75) is 57.8 Å². The van der Waals surface area contributed by atoms with Crippen molar-refractivity contribution in [3.63, 3.8) is 0 Å². The molecule has 5 atom stereocenters. The Bertz CT molecular complexity index is 234. The first-order chi connectivity index (χ1) is 8.26. The zero-order chi connectivity index (χ0) is 12.3. The lowest BCUT2D eigenvalue weighted by Crippen LogP contribution is -2.45. The second-order valence-electron chi connectivity index (χ2n) is 5.62. The highest BCUT2D eigenvalue weighted by molar-refractivity contribution is 4.96. The lowest BCUT2D eigenvalue weighted by Gasteiger charge is -2.33. The van der Waals surface area contributed by atoms with Gasteiger partial charge in [-0.3, -0.25) is 0 Å². The first-order valence-electron chi connectivity index (χ1n) is 7.14. The van der Waals surface area contributed by atoms with Crippen molar-refractivity contribution < 1.29 is 9.47 Å². The summed E-state index contributed by atoms with van der Waals surface area (Å²) in [6.07, 6.45) is 6.04. The number of fused-ring (bicyclic) bond motifs is 2. The molecule has 2 aliphatic heterocycles. The number of rotatable bonds is 7. The van der Waals surface area contributed by atoms with E-state index in [2.05, 4.69) is 19.2 Å². The lowest BCUT2D eigenvalue weighted by atomic mass is 9.78. The van der Waals surface area contributed by atoms with Gasteiger partial charge in [0.05, 0.1) is 12.2 Å². The molecule has 17 heavy (non-hydrogen) atoms. The van der Waals surface area contributed by atoms with Crippen LogP contribution in [0.25, 0.3) is 0 Å². The van der Waals surface area contributed by atoms with Crippen LogP contribution in [0.1, 0.15) is 39.5 Å². The van der Waals surface area contributed by atoms with Crippen molar-refractivity contribution in [3.05, 3.63) is 0 Å². The number of nitrogens with one attached hydrogen (secondary N) is 1. The Morgan fingerprint density at radius 3 is 2.76 bits per heavy atom. The van der Waals surface area contributed by atoms with Crippen LogP contribution in [0, 0.1) is 11.8 Å². The highest BCUT2D eigenvalue weighted by Crippen LogP contribution is 2.42. The summed E-state index contributed by atoms with van der Waals surface area (Å²) in [5, 5.41) is 3.68. The summed E-state index contributed by atoms with van der Waals surface area (Å²) in [5.74, 6) is 1.39. The normalized spacial score (nSPS) is 35.1. The Morgan fingerprint density at radius 1 is 1.41 bits per heavy atom. The van der Waals surface area contributed by atoms with Crippen LogP contribution in [0.15, 0.2) is 0 Å². The molecule has 0 radical (unpaired) electrons. The topological polar surface area (TPSA) is 30.5 Å². The van der Waals surface area contributed by atoms with E-state index in [0.29, 0.717) is 24.2 Å². The number of hydrogen-bond acceptors (Lipinski definition) is 3. The minimum atomic E-state index is 0.522. The molecule has 5 unspecified atom stereocenters. The van der Waals surface area contributed by atoms with E-state index < -0.39 is 0 Å². The Labute approximate surface area is 105 Å². The van der Waals surface area contributed by atoms with Gasteiger partial charge in [-0.05, 0) is 38.1 Å². The third-order valence-electron chi connectivity index (χ3n) is 4.44. The molecular weight excluding hydrogens is 214 g/mol. The van der Waals surface area contributed by atoms with E-state index >= 15 is 0 Å². The van der Waals surface area contributed by atoms with Crippen LogP contribution in [0.2, 0.25) is 0 Å². The van der Waals surface area contributed by atoms with Gasteiger partial charge < -0.3 is 14.8 Å². The van der Waals surface area contributed by atoms with Gasteiger partial charge in [0.1, 0.15) is 0 Å². The van der Waals surface area contributed by atoms with E-state index in [4.69, 9.17) is 9.47 Å². The van der Waals surface area contributed by atoms with E-state index in [1.165, 1.54) is 19.3 Å². The summed E-state index contributed by atoms with van der Waals surface area (Å²) in [4.78, 5) is 0.